The molecular weight excluding hydrogens is 254 g/mol. The van der Waals surface area contributed by atoms with Gasteiger partial charge in [0.25, 0.3) is 0 Å². The van der Waals surface area contributed by atoms with Crippen molar-refractivity contribution in [3.63, 3.8) is 0 Å². The van der Waals surface area contributed by atoms with Crippen LogP contribution in [0.5, 0.6) is 0 Å². The van der Waals surface area contributed by atoms with Crippen molar-refractivity contribution < 1.29 is 9.59 Å². The minimum absolute atomic E-state index is 0.0622. The van der Waals surface area contributed by atoms with Gasteiger partial charge in [-0.25, -0.2) is 4.79 Å². The molecule has 2 rings (SSSR count). The molecule has 2 saturated carbocycles. The standard InChI is InChI=1S/C15H27N3O2/c1-2-8-16-14(19)10-17-15(20)18-13-9-12(13)11-6-4-3-5-7-11/h11-13H,2-10H2,1H3,(H,16,19)(H2,17,18,20)/t12-,13-/m0/s1. The van der Waals surface area contributed by atoms with Crippen LogP contribution in [0.15, 0.2) is 0 Å². The van der Waals surface area contributed by atoms with E-state index in [-0.39, 0.29) is 18.5 Å². The number of urea groups is 1. The van der Waals surface area contributed by atoms with E-state index in [1.54, 1.807) is 0 Å². The molecule has 0 heterocycles. The molecule has 5 nitrogen and oxygen atoms in total. The molecule has 2 atom stereocenters. The van der Waals surface area contributed by atoms with Crippen LogP contribution >= 0.6 is 0 Å². The average molecular weight is 281 g/mol. The van der Waals surface area contributed by atoms with Crippen LogP contribution in [-0.2, 0) is 4.79 Å². The summed E-state index contributed by atoms with van der Waals surface area (Å²) in [6, 6.07) is 0.122. The number of nitrogens with one attached hydrogen (secondary N) is 3. The van der Waals surface area contributed by atoms with Gasteiger partial charge in [-0.3, -0.25) is 4.79 Å². The molecule has 0 saturated heterocycles. The van der Waals surface area contributed by atoms with Gasteiger partial charge in [0, 0.05) is 12.6 Å². The summed E-state index contributed by atoms with van der Waals surface area (Å²) in [7, 11) is 0. The third kappa shape index (κ3) is 4.69. The van der Waals surface area contributed by atoms with Crippen molar-refractivity contribution in [1.29, 1.82) is 0 Å². The van der Waals surface area contributed by atoms with Gasteiger partial charge in [-0.05, 0) is 24.7 Å². The molecule has 2 aliphatic rings. The van der Waals surface area contributed by atoms with E-state index in [9.17, 15) is 9.59 Å². The molecule has 114 valence electrons. The van der Waals surface area contributed by atoms with Crippen LogP contribution in [-0.4, -0.2) is 31.1 Å². The van der Waals surface area contributed by atoms with Crippen molar-refractivity contribution in [2.45, 2.75) is 57.9 Å². The van der Waals surface area contributed by atoms with Crippen LogP contribution in [0.2, 0.25) is 0 Å². The first-order valence-electron chi connectivity index (χ1n) is 8.01. The predicted octanol–water partition coefficient (Wildman–Crippen LogP) is 1.78. The minimum atomic E-state index is -0.208. The van der Waals surface area contributed by atoms with E-state index in [2.05, 4.69) is 16.0 Å². The highest BCUT2D eigenvalue weighted by atomic mass is 16.2. The molecular formula is C15H27N3O2. The van der Waals surface area contributed by atoms with Crippen molar-refractivity contribution >= 4 is 11.9 Å². The molecule has 3 amide bonds. The Bertz CT molecular complexity index is 340. The van der Waals surface area contributed by atoms with E-state index in [1.165, 1.54) is 32.1 Å². The van der Waals surface area contributed by atoms with Crippen LogP contribution in [0, 0.1) is 11.8 Å². The molecule has 5 heteroatoms. The third-order valence-corrected chi connectivity index (χ3v) is 4.39. The summed E-state index contributed by atoms with van der Waals surface area (Å²) in [4.78, 5) is 23.1. The van der Waals surface area contributed by atoms with Gasteiger partial charge in [-0.2, -0.15) is 0 Å². The number of rotatable bonds is 6. The highest BCUT2D eigenvalue weighted by Crippen LogP contribution is 2.44. The minimum Gasteiger partial charge on any atom is -0.355 e. The van der Waals surface area contributed by atoms with Gasteiger partial charge in [0.2, 0.25) is 5.91 Å². The number of hydrogen-bond acceptors (Lipinski definition) is 2. The van der Waals surface area contributed by atoms with Gasteiger partial charge < -0.3 is 16.0 Å². The van der Waals surface area contributed by atoms with Gasteiger partial charge in [0.15, 0.2) is 0 Å². The second-order valence-corrected chi connectivity index (χ2v) is 6.08. The number of amides is 3. The number of carbonyl (C=O) groups is 2. The highest BCUT2D eigenvalue weighted by molar-refractivity contribution is 5.84. The first-order valence-corrected chi connectivity index (χ1v) is 8.01. The molecule has 0 radical (unpaired) electrons. The maximum atomic E-state index is 11.7. The zero-order chi connectivity index (χ0) is 14.4. The Labute approximate surface area is 121 Å². The van der Waals surface area contributed by atoms with E-state index in [0.29, 0.717) is 18.5 Å². The van der Waals surface area contributed by atoms with Crippen molar-refractivity contribution in [2.75, 3.05) is 13.1 Å². The van der Waals surface area contributed by atoms with E-state index in [1.807, 2.05) is 6.92 Å². The highest BCUT2D eigenvalue weighted by Gasteiger charge is 2.43. The molecule has 2 fully saturated rings. The van der Waals surface area contributed by atoms with Crippen LogP contribution < -0.4 is 16.0 Å². The van der Waals surface area contributed by atoms with E-state index < -0.39 is 0 Å². The van der Waals surface area contributed by atoms with Crippen LogP contribution in [0.4, 0.5) is 4.79 Å². The van der Waals surface area contributed by atoms with E-state index >= 15 is 0 Å². The average Bonchev–Trinajstić information content (AvgIpc) is 3.23. The van der Waals surface area contributed by atoms with Gasteiger partial charge in [-0.15, -0.1) is 0 Å². The lowest BCUT2D eigenvalue weighted by Crippen LogP contribution is -2.43. The summed E-state index contributed by atoms with van der Waals surface area (Å²) in [5.74, 6) is 1.36. The largest absolute Gasteiger partial charge is 0.355 e. The first kappa shape index (κ1) is 15.1. The number of carbonyl (C=O) groups excluding carboxylic acids is 2. The fourth-order valence-corrected chi connectivity index (χ4v) is 3.17. The van der Waals surface area contributed by atoms with Crippen molar-refractivity contribution in [3.05, 3.63) is 0 Å². The Kier molecular flexibility index (Phi) is 5.68. The molecule has 0 aromatic rings. The zero-order valence-corrected chi connectivity index (χ0v) is 12.4. The smallest absolute Gasteiger partial charge is 0.315 e. The Morgan fingerprint density at radius 3 is 2.55 bits per heavy atom. The lowest BCUT2D eigenvalue weighted by atomic mass is 9.85. The first-order chi connectivity index (χ1) is 9.70. The molecule has 0 aliphatic heterocycles. The Balaban J connectivity index is 1.58. The zero-order valence-electron chi connectivity index (χ0n) is 12.4. The monoisotopic (exact) mass is 281 g/mol. The lowest BCUT2D eigenvalue weighted by molar-refractivity contribution is -0.120. The Hall–Kier alpha value is -1.26. The summed E-state index contributed by atoms with van der Waals surface area (Å²) in [5.41, 5.74) is 0. The second-order valence-electron chi connectivity index (χ2n) is 6.08. The van der Waals surface area contributed by atoms with Gasteiger partial charge in [0.1, 0.15) is 0 Å². The summed E-state index contributed by atoms with van der Waals surface area (Å²) < 4.78 is 0. The van der Waals surface area contributed by atoms with Gasteiger partial charge in [-0.1, -0.05) is 39.0 Å². The molecule has 0 bridgehead atoms. The number of hydrogen-bond donors (Lipinski definition) is 3. The SMILES string of the molecule is CCCNC(=O)CNC(=O)N[C@H]1C[C@H]1C1CCCCC1. The molecule has 3 N–H and O–H groups in total. The Morgan fingerprint density at radius 1 is 1.10 bits per heavy atom. The quantitative estimate of drug-likeness (QED) is 0.694. The third-order valence-electron chi connectivity index (χ3n) is 4.39. The van der Waals surface area contributed by atoms with Gasteiger partial charge in [0.05, 0.1) is 6.54 Å². The maximum absolute atomic E-state index is 11.7. The molecule has 20 heavy (non-hydrogen) atoms. The van der Waals surface area contributed by atoms with E-state index in [4.69, 9.17) is 0 Å². The topological polar surface area (TPSA) is 70.2 Å². The predicted molar refractivity (Wildman–Crippen MR) is 78.3 cm³/mol. The summed E-state index contributed by atoms with van der Waals surface area (Å²) in [6.45, 7) is 2.72. The summed E-state index contributed by atoms with van der Waals surface area (Å²) in [6.07, 6.45) is 8.72. The maximum Gasteiger partial charge on any atom is 0.315 e. The lowest BCUT2D eigenvalue weighted by Gasteiger charge is -2.21. The fraction of sp³-hybridized carbons (Fsp3) is 0.867. The van der Waals surface area contributed by atoms with Gasteiger partial charge >= 0.3 is 6.03 Å². The Morgan fingerprint density at radius 2 is 1.85 bits per heavy atom. The molecule has 0 unspecified atom stereocenters. The second kappa shape index (κ2) is 7.50. The van der Waals surface area contributed by atoms with Crippen molar-refractivity contribution in [1.82, 2.24) is 16.0 Å². The van der Waals surface area contributed by atoms with Crippen molar-refractivity contribution in [2.24, 2.45) is 11.8 Å². The fourth-order valence-electron chi connectivity index (χ4n) is 3.17. The molecule has 0 aromatic heterocycles. The summed E-state index contributed by atoms with van der Waals surface area (Å²) in [5, 5.41) is 8.34. The van der Waals surface area contributed by atoms with Crippen LogP contribution in [0.1, 0.15) is 51.9 Å². The normalized spacial score (nSPS) is 25.9. The van der Waals surface area contributed by atoms with Crippen LogP contribution in [0.25, 0.3) is 0 Å². The van der Waals surface area contributed by atoms with Crippen LogP contribution in [0.3, 0.4) is 0 Å². The van der Waals surface area contributed by atoms with E-state index in [0.717, 1.165) is 18.8 Å². The molecule has 0 spiro atoms. The van der Waals surface area contributed by atoms with Crippen molar-refractivity contribution in [3.8, 4) is 0 Å². The summed E-state index contributed by atoms with van der Waals surface area (Å²) >= 11 is 0. The molecule has 2 aliphatic carbocycles. The molecule has 0 aromatic carbocycles.